The van der Waals surface area contributed by atoms with E-state index >= 15 is 0 Å². The topological polar surface area (TPSA) is 29.5 Å². The summed E-state index contributed by atoms with van der Waals surface area (Å²) in [6.45, 7) is 10.5. The van der Waals surface area contributed by atoms with Crippen LogP contribution in [0.2, 0.25) is 0 Å². The van der Waals surface area contributed by atoms with Crippen molar-refractivity contribution in [2.45, 2.75) is 33.1 Å². The van der Waals surface area contributed by atoms with Gasteiger partial charge in [-0.3, -0.25) is 4.79 Å². The van der Waals surface area contributed by atoms with E-state index in [1.54, 1.807) is 0 Å². The molecule has 0 radical (unpaired) electrons. The van der Waals surface area contributed by atoms with Crippen molar-refractivity contribution in [1.82, 2.24) is 4.90 Å². The second-order valence-corrected chi connectivity index (χ2v) is 4.24. The number of piperidine rings is 1. The third-order valence-electron chi connectivity index (χ3n) is 2.91. The average Bonchev–Trinajstić information content (AvgIpc) is 2.26. The van der Waals surface area contributed by atoms with Crippen molar-refractivity contribution >= 4 is 5.78 Å². The molecule has 0 amide bonds. The van der Waals surface area contributed by atoms with Gasteiger partial charge in [0, 0.05) is 25.9 Å². The van der Waals surface area contributed by atoms with Crippen LogP contribution < -0.4 is 0 Å². The van der Waals surface area contributed by atoms with Gasteiger partial charge in [0.25, 0.3) is 0 Å². The van der Waals surface area contributed by atoms with Gasteiger partial charge >= 0.3 is 0 Å². The molecule has 1 aliphatic rings. The Labute approximate surface area is 92.1 Å². The second kappa shape index (κ2) is 5.79. The summed E-state index contributed by atoms with van der Waals surface area (Å²) in [4.78, 5) is 13.1. The minimum atomic E-state index is 0.348. The number of likely N-dealkylation sites (tertiary alicyclic amines) is 1. The van der Waals surface area contributed by atoms with Crippen molar-refractivity contribution in [3.05, 3.63) is 12.5 Å². The van der Waals surface area contributed by atoms with Crippen LogP contribution in [0.3, 0.4) is 0 Å². The van der Waals surface area contributed by atoms with Crippen molar-refractivity contribution in [2.75, 3.05) is 19.7 Å². The first-order valence-electron chi connectivity index (χ1n) is 5.71. The standard InChI is InChI=1S/C12H21NO2/c1-4-10(2)9-15-11(3)13-7-5-12(14)6-8-13/h10H,3-9H2,1-2H3. The van der Waals surface area contributed by atoms with Crippen LogP contribution in [0.15, 0.2) is 12.5 Å². The summed E-state index contributed by atoms with van der Waals surface area (Å²) in [6.07, 6.45) is 2.38. The van der Waals surface area contributed by atoms with E-state index in [0.717, 1.165) is 32.0 Å². The second-order valence-electron chi connectivity index (χ2n) is 4.24. The number of carbonyl (C=O) groups excluding carboxylic acids is 1. The van der Waals surface area contributed by atoms with E-state index in [1.165, 1.54) is 0 Å². The predicted molar refractivity (Wildman–Crippen MR) is 60.4 cm³/mol. The zero-order chi connectivity index (χ0) is 11.3. The van der Waals surface area contributed by atoms with E-state index in [-0.39, 0.29) is 0 Å². The molecule has 0 bridgehead atoms. The molecule has 0 saturated carbocycles. The van der Waals surface area contributed by atoms with Gasteiger partial charge in [-0.05, 0) is 12.5 Å². The molecule has 86 valence electrons. The largest absolute Gasteiger partial charge is 0.479 e. The number of Topliss-reactive ketones (excluding diaryl/α,β-unsaturated/α-hetero) is 1. The molecule has 1 fully saturated rings. The summed E-state index contributed by atoms with van der Waals surface area (Å²) in [6, 6.07) is 0. The van der Waals surface area contributed by atoms with Gasteiger partial charge in [-0.1, -0.05) is 20.3 Å². The van der Waals surface area contributed by atoms with Crippen molar-refractivity contribution in [3.8, 4) is 0 Å². The number of carbonyl (C=O) groups is 1. The predicted octanol–water partition coefficient (Wildman–Crippen LogP) is 2.19. The highest BCUT2D eigenvalue weighted by atomic mass is 16.5. The summed E-state index contributed by atoms with van der Waals surface area (Å²) in [7, 11) is 0. The molecule has 1 aliphatic heterocycles. The number of nitrogens with zero attached hydrogens (tertiary/aromatic N) is 1. The molecule has 1 heterocycles. The third-order valence-corrected chi connectivity index (χ3v) is 2.91. The molecular formula is C12H21NO2. The lowest BCUT2D eigenvalue weighted by Crippen LogP contribution is -2.34. The van der Waals surface area contributed by atoms with Gasteiger partial charge in [0.15, 0.2) is 5.88 Å². The van der Waals surface area contributed by atoms with Gasteiger partial charge in [-0.2, -0.15) is 0 Å². The molecule has 0 spiro atoms. The highest BCUT2D eigenvalue weighted by molar-refractivity contribution is 5.79. The lowest BCUT2D eigenvalue weighted by atomic mass is 10.1. The van der Waals surface area contributed by atoms with Gasteiger partial charge in [-0.15, -0.1) is 0 Å². The number of ketones is 1. The van der Waals surface area contributed by atoms with Gasteiger partial charge in [-0.25, -0.2) is 0 Å². The molecule has 0 N–H and O–H groups in total. The number of hydrogen-bond acceptors (Lipinski definition) is 3. The maximum atomic E-state index is 11.0. The molecular weight excluding hydrogens is 190 g/mol. The van der Waals surface area contributed by atoms with Crippen molar-refractivity contribution in [1.29, 1.82) is 0 Å². The Morgan fingerprint density at radius 1 is 1.53 bits per heavy atom. The fourth-order valence-corrected chi connectivity index (χ4v) is 1.45. The maximum Gasteiger partial charge on any atom is 0.181 e. The van der Waals surface area contributed by atoms with E-state index in [2.05, 4.69) is 25.3 Å². The zero-order valence-corrected chi connectivity index (χ0v) is 9.79. The summed E-state index contributed by atoms with van der Waals surface area (Å²) < 4.78 is 5.59. The van der Waals surface area contributed by atoms with E-state index in [1.807, 2.05) is 0 Å². The lowest BCUT2D eigenvalue weighted by molar-refractivity contribution is -0.121. The fraction of sp³-hybridized carbons (Fsp3) is 0.750. The normalized spacial score (nSPS) is 18.8. The van der Waals surface area contributed by atoms with E-state index in [4.69, 9.17) is 4.74 Å². The molecule has 3 heteroatoms. The average molecular weight is 211 g/mol. The van der Waals surface area contributed by atoms with E-state index in [9.17, 15) is 4.79 Å². The SMILES string of the molecule is C=C(OCC(C)CC)N1CCC(=O)CC1. The molecule has 0 aromatic rings. The molecule has 0 aliphatic carbocycles. The quantitative estimate of drug-likeness (QED) is 0.653. The highest BCUT2D eigenvalue weighted by Crippen LogP contribution is 2.13. The number of hydrogen-bond donors (Lipinski definition) is 0. The smallest absolute Gasteiger partial charge is 0.181 e. The molecule has 15 heavy (non-hydrogen) atoms. The van der Waals surface area contributed by atoms with Crippen LogP contribution in [0.5, 0.6) is 0 Å². The van der Waals surface area contributed by atoms with Crippen LogP contribution in [-0.4, -0.2) is 30.4 Å². The van der Waals surface area contributed by atoms with E-state index < -0.39 is 0 Å². The minimum Gasteiger partial charge on any atom is -0.479 e. The van der Waals surface area contributed by atoms with Crippen LogP contribution in [-0.2, 0) is 9.53 Å². The minimum absolute atomic E-state index is 0.348. The van der Waals surface area contributed by atoms with Gasteiger partial charge in [0.2, 0.25) is 0 Å². The summed E-state index contributed by atoms with van der Waals surface area (Å²) in [5.41, 5.74) is 0. The first-order valence-corrected chi connectivity index (χ1v) is 5.71. The molecule has 1 unspecified atom stereocenters. The van der Waals surface area contributed by atoms with Crippen molar-refractivity contribution in [2.24, 2.45) is 5.92 Å². The summed E-state index contributed by atoms with van der Waals surface area (Å²) in [5, 5.41) is 0. The van der Waals surface area contributed by atoms with Crippen LogP contribution in [0.25, 0.3) is 0 Å². The Balaban J connectivity index is 2.25. The highest BCUT2D eigenvalue weighted by Gasteiger charge is 2.18. The van der Waals surface area contributed by atoms with Gasteiger partial charge < -0.3 is 9.64 Å². The molecule has 3 nitrogen and oxygen atoms in total. The summed E-state index contributed by atoms with van der Waals surface area (Å²) in [5.74, 6) is 1.64. The van der Waals surface area contributed by atoms with Crippen LogP contribution in [0.1, 0.15) is 33.1 Å². The fourth-order valence-electron chi connectivity index (χ4n) is 1.45. The van der Waals surface area contributed by atoms with E-state index in [0.29, 0.717) is 24.5 Å². The molecule has 0 aromatic carbocycles. The first kappa shape index (κ1) is 12.1. The van der Waals surface area contributed by atoms with Crippen molar-refractivity contribution < 1.29 is 9.53 Å². The first-order chi connectivity index (χ1) is 7.13. The Morgan fingerprint density at radius 2 is 2.13 bits per heavy atom. The number of rotatable bonds is 5. The van der Waals surface area contributed by atoms with Crippen LogP contribution >= 0.6 is 0 Å². The number of ether oxygens (including phenoxy) is 1. The molecule has 1 saturated heterocycles. The Morgan fingerprint density at radius 3 is 2.67 bits per heavy atom. The maximum absolute atomic E-state index is 11.0. The van der Waals surface area contributed by atoms with Crippen LogP contribution in [0, 0.1) is 5.92 Å². The lowest BCUT2D eigenvalue weighted by Gasteiger charge is -2.29. The Kier molecular flexibility index (Phi) is 4.66. The molecule has 1 atom stereocenters. The monoisotopic (exact) mass is 211 g/mol. The van der Waals surface area contributed by atoms with Crippen LogP contribution in [0.4, 0.5) is 0 Å². The summed E-state index contributed by atoms with van der Waals surface area (Å²) >= 11 is 0. The molecule has 1 rings (SSSR count). The van der Waals surface area contributed by atoms with Gasteiger partial charge in [0.1, 0.15) is 5.78 Å². The Bertz CT molecular complexity index is 228. The zero-order valence-electron chi connectivity index (χ0n) is 9.79. The Hall–Kier alpha value is -0.990. The third kappa shape index (κ3) is 3.94. The van der Waals surface area contributed by atoms with Gasteiger partial charge in [0.05, 0.1) is 6.61 Å². The van der Waals surface area contributed by atoms with Crippen molar-refractivity contribution in [3.63, 3.8) is 0 Å². The molecule has 0 aromatic heterocycles.